The highest BCUT2D eigenvalue weighted by Gasteiger charge is 2.47. The highest BCUT2D eigenvalue weighted by Crippen LogP contribution is 2.47. The Bertz CT molecular complexity index is 1640. The molecule has 2 aliphatic rings. The molecule has 1 saturated heterocycles. The van der Waals surface area contributed by atoms with Crippen LogP contribution in [0, 0.1) is 6.92 Å². The maximum atomic E-state index is 13.8. The number of rotatable bonds is 5. The van der Waals surface area contributed by atoms with Gasteiger partial charge in [-0.3, -0.25) is 14.4 Å². The van der Waals surface area contributed by atoms with E-state index in [-0.39, 0.29) is 23.1 Å². The highest BCUT2D eigenvalue weighted by molar-refractivity contribution is 6.09. The fourth-order valence-corrected chi connectivity index (χ4v) is 6.26. The van der Waals surface area contributed by atoms with Crippen molar-refractivity contribution >= 4 is 29.1 Å². The fraction of sp³-hybridized carbons (Fsp3) is 0.229. The SMILES string of the molecule is COc1cccc(C(=O)N2CC3(CCN(C(=O)c4ccc(NC(=O)c5ccccc5)cc4)CC3)c3ccccc32)c1C. The number of nitrogens with zero attached hydrogens (tertiary/aromatic N) is 2. The lowest BCUT2D eigenvalue weighted by atomic mass is 9.74. The molecule has 1 N–H and O–H groups in total. The number of nitrogens with one attached hydrogen (secondary N) is 1. The monoisotopic (exact) mass is 559 g/mol. The second-order valence-electron chi connectivity index (χ2n) is 11.0. The summed E-state index contributed by atoms with van der Waals surface area (Å²) in [6, 6.07) is 29.8. The van der Waals surface area contributed by atoms with Crippen molar-refractivity contribution in [2.45, 2.75) is 25.2 Å². The molecule has 0 aliphatic carbocycles. The summed E-state index contributed by atoms with van der Waals surface area (Å²) in [6.07, 6.45) is 1.53. The lowest BCUT2D eigenvalue weighted by Crippen LogP contribution is -2.47. The molecule has 2 aliphatic heterocycles. The number of hydrogen-bond acceptors (Lipinski definition) is 4. The predicted molar refractivity (Wildman–Crippen MR) is 164 cm³/mol. The maximum Gasteiger partial charge on any atom is 0.258 e. The van der Waals surface area contributed by atoms with Crippen LogP contribution < -0.4 is 15.0 Å². The molecule has 4 aromatic carbocycles. The van der Waals surface area contributed by atoms with Crippen molar-refractivity contribution in [2.24, 2.45) is 0 Å². The zero-order valence-electron chi connectivity index (χ0n) is 23.8. The molecule has 1 spiro atoms. The van der Waals surface area contributed by atoms with Gasteiger partial charge >= 0.3 is 0 Å². The molecule has 0 saturated carbocycles. The lowest BCUT2D eigenvalue weighted by molar-refractivity contribution is 0.0670. The van der Waals surface area contributed by atoms with Gasteiger partial charge in [0.05, 0.1) is 7.11 Å². The molecule has 2 heterocycles. The summed E-state index contributed by atoms with van der Waals surface area (Å²) in [5, 5.41) is 2.88. The minimum absolute atomic E-state index is 0.0306. The van der Waals surface area contributed by atoms with Gasteiger partial charge in [-0.05, 0) is 79.9 Å². The molecule has 0 atom stereocenters. The number of ether oxygens (including phenoxy) is 1. The number of amides is 3. The first-order chi connectivity index (χ1) is 20.4. The van der Waals surface area contributed by atoms with E-state index in [1.165, 1.54) is 5.56 Å². The summed E-state index contributed by atoms with van der Waals surface area (Å²) in [5.74, 6) is 0.439. The number of hydrogen-bond donors (Lipinski definition) is 1. The van der Waals surface area contributed by atoms with Gasteiger partial charge in [0.1, 0.15) is 5.75 Å². The van der Waals surface area contributed by atoms with Crippen molar-refractivity contribution in [1.82, 2.24) is 4.90 Å². The number of fused-ring (bicyclic) bond motifs is 2. The van der Waals surface area contributed by atoms with Gasteiger partial charge in [0, 0.05) is 58.7 Å². The normalized spacial score (nSPS) is 15.3. The van der Waals surface area contributed by atoms with Crippen LogP contribution in [0.15, 0.2) is 97.1 Å². The van der Waals surface area contributed by atoms with Crippen molar-refractivity contribution in [3.63, 3.8) is 0 Å². The Morgan fingerprint density at radius 1 is 0.762 bits per heavy atom. The van der Waals surface area contributed by atoms with E-state index in [4.69, 9.17) is 4.74 Å². The van der Waals surface area contributed by atoms with Crippen LogP contribution in [-0.2, 0) is 5.41 Å². The summed E-state index contributed by atoms with van der Waals surface area (Å²) < 4.78 is 5.46. The number of carbonyl (C=O) groups is 3. The van der Waals surface area contributed by atoms with Gasteiger partial charge < -0.3 is 19.9 Å². The molecular weight excluding hydrogens is 526 g/mol. The average molecular weight is 560 g/mol. The molecular formula is C35H33N3O4. The number of carbonyl (C=O) groups excluding carboxylic acids is 3. The Labute approximate surface area is 245 Å². The molecule has 7 nitrogen and oxygen atoms in total. The summed E-state index contributed by atoms with van der Waals surface area (Å²) in [5.41, 5.74) is 5.17. The lowest BCUT2D eigenvalue weighted by Gasteiger charge is -2.40. The van der Waals surface area contributed by atoms with Gasteiger partial charge in [0.25, 0.3) is 17.7 Å². The van der Waals surface area contributed by atoms with E-state index >= 15 is 0 Å². The van der Waals surface area contributed by atoms with Gasteiger partial charge in [-0.25, -0.2) is 0 Å². The topological polar surface area (TPSA) is 79.0 Å². The summed E-state index contributed by atoms with van der Waals surface area (Å²) in [6.45, 7) is 3.69. The van der Waals surface area contributed by atoms with Crippen LogP contribution in [0.5, 0.6) is 5.75 Å². The van der Waals surface area contributed by atoms with Gasteiger partial charge in [-0.2, -0.15) is 0 Å². The molecule has 6 rings (SSSR count). The molecule has 212 valence electrons. The minimum atomic E-state index is -0.207. The van der Waals surface area contributed by atoms with Crippen molar-refractivity contribution in [3.8, 4) is 5.75 Å². The molecule has 1 fully saturated rings. The van der Waals surface area contributed by atoms with E-state index in [2.05, 4.69) is 11.4 Å². The molecule has 4 aromatic rings. The van der Waals surface area contributed by atoms with E-state index < -0.39 is 0 Å². The van der Waals surface area contributed by atoms with Crippen molar-refractivity contribution < 1.29 is 19.1 Å². The van der Waals surface area contributed by atoms with Crippen molar-refractivity contribution in [3.05, 3.63) is 125 Å². The van der Waals surface area contributed by atoms with E-state index in [0.29, 0.717) is 47.8 Å². The summed E-state index contributed by atoms with van der Waals surface area (Å²) in [4.78, 5) is 43.5. The Morgan fingerprint density at radius 3 is 2.17 bits per heavy atom. The summed E-state index contributed by atoms with van der Waals surface area (Å²) >= 11 is 0. The van der Waals surface area contributed by atoms with Crippen LogP contribution in [0.3, 0.4) is 0 Å². The minimum Gasteiger partial charge on any atom is -0.496 e. The van der Waals surface area contributed by atoms with Crippen LogP contribution in [0.25, 0.3) is 0 Å². The molecule has 42 heavy (non-hydrogen) atoms. The van der Waals surface area contributed by atoms with Crippen LogP contribution in [-0.4, -0.2) is 49.4 Å². The van der Waals surface area contributed by atoms with Gasteiger partial charge in [0.15, 0.2) is 0 Å². The third-order valence-corrected chi connectivity index (χ3v) is 8.64. The molecule has 0 radical (unpaired) electrons. The van der Waals surface area contributed by atoms with Gasteiger partial charge in [-0.1, -0.05) is 42.5 Å². The molecule has 3 amide bonds. The Balaban J connectivity index is 1.15. The fourth-order valence-electron chi connectivity index (χ4n) is 6.26. The quantitative estimate of drug-likeness (QED) is 0.321. The second kappa shape index (κ2) is 11.2. The Kier molecular flexibility index (Phi) is 7.25. The van der Waals surface area contributed by atoms with E-state index in [0.717, 1.165) is 24.1 Å². The number of methoxy groups -OCH3 is 1. The third-order valence-electron chi connectivity index (χ3n) is 8.64. The first-order valence-corrected chi connectivity index (χ1v) is 14.2. The van der Waals surface area contributed by atoms with E-state index in [9.17, 15) is 14.4 Å². The Hall–Kier alpha value is -4.91. The van der Waals surface area contributed by atoms with Crippen LogP contribution in [0.4, 0.5) is 11.4 Å². The van der Waals surface area contributed by atoms with Gasteiger partial charge in [0.2, 0.25) is 0 Å². The van der Waals surface area contributed by atoms with Crippen LogP contribution in [0.2, 0.25) is 0 Å². The first-order valence-electron chi connectivity index (χ1n) is 14.2. The molecule has 0 aromatic heterocycles. The van der Waals surface area contributed by atoms with Crippen molar-refractivity contribution in [1.29, 1.82) is 0 Å². The zero-order chi connectivity index (χ0) is 29.3. The molecule has 0 bridgehead atoms. The van der Waals surface area contributed by atoms with Crippen LogP contribution in [0.1, 0.15) is 55.0 Å². The highest BCUT2D eigenvalue weighted by atomic mass is 16.5. The van der Waals surface area contributed by atoms with E-state index in [1.54, 1.807) is 43.5 Å². The number of piperidine rings is 1. The second-order valence-corrected chi connectivity index (χ2v) is 11.0. The largest absolute Gasteiger partial charge is 0.496 e. The number of likely N-dealkylation sites (tertiary alicyclic amines) is 1. The average Bonchev–Trinajstić information content (AvgIpc) is 3.35. The number of para-hydroxylation sites is 1. The Morgan fingerprint density at radius 2 is 1.45 bits per heavy atom. The standard InChI is InChI=1S/C35H33N3O4/c1-24-28(11-8-14-31(24)42-2)34(41)38-23-35(29-12-6-7-13-30(29)38)19-21-37(22-20-35)33(40)26-15-17-27(18-16-26)36-32(39)25-9-4-3-5-10-25/h3-18H,19-23H2,1-2H3,(H,36,39). The zero-order valence-corrected chi connectivity index (χ0v) is 23.8. The predicted octanol–water partition coefficient (Wildman–Crippen LogP) is 6.09. The van der Waals surface area contributed by atoms with E-state index in [1.807, 2.05) is 71.3 Å². The van der Waals surface area contributed by atoms with Gasteiger partial charge in [-0.15, -0.1) is 0 Å². The summed E-state index contributed by atoms with van der Waals surface area (Å²) in [7, 11) is 1.62. The van der Waals surface area contributed by atoms with Crippen LogP contribution >= 0.6 is 0 Å². The number of anilines is 2. The maximum absolute atomic E-state index is 13.8. The molecule has 7 heteroatoms. The van der Waals surface area contributed by atoms with Crippen molar-refractivity contribution in [2.75, 3.05) is 37.0 Å². The third kappa shape index (κ3) is 4.91. The molecule has 0 unspecified atom stereocenters. The first kappa shape index (κ1) is 27.3. The smallest absolute Gasteiger partial charge is 0.258 e. The number of benzene rings is 4.